The fourth-order valence-electron chi connectivity index (χ4n) is 2.17. The molecular formula is C12H12F6O4. The molecule has 0 heterocycles. The van der Waals surface area contributed by atoms with E-state index >= 15 is 0 Å². The van der Waals surface area contributed by atoms with Crippen molar-refractivity contribution in [2.75, 3.05) is 0 Å². The van der Waals surface area contributed by atoms with Gasteiger partial charge in [0.2, 0.25) is 0 Å². The van der Waals surface area contributed by atoms with Gasteiger partial charge >= 0.3 is 24.3 Å². The van der Waals surface area contributed by atoms with Crippen molar-refractivity contribution < 1.29 is 45.8 Å². The second-order valence-electron chi connectivity index (χ2n) is 5.42. The van der Waals surface area contributed by atoms with Crippen molar-refractivity contribution in [2.24, 2.45) is 17.3 Å². The first-order chi connectivity index (χ1) is 9.69. The minimum atomic E-state index is -5.79. The Morgan fingerprint density at radius 1 is 1.14 bits per heavy atom. The Labute approximate surface area is 120 Å². The number of hydrogen-bond acceptors (Lipinski definition) is 3. The van der Waals surface area contributed by atoms with E-state index in [1.165, 1.54) is 0 Å². The zero-order valence-electron chi connectivity index (χ0n) is 11.3. The van der Waals surface area contributed by atoms with Crippen molar-refractivity contribution in [3.8, 4) is 0 Å². The zero-order chi connectivity index (χ0) is 17.5. The molecule has 22 heavy (non-hydrogen) atoms. The smallest absolute Gasteiger partial charge is 0.434 e. The van der Waals surface area contributed by atoms with Crippen LogP contribution < -0.4 is 0 Å². The molecule has 2 unspecified atom stereocenters. The molecule has 1 N–H and O–H groups in total. The summed E-state index contributed by atoms with van der Waals surface area (Å²) in [4.78, 5) is 21.9. The number of hydrogen-bond donors (Lipinski definition) is 1. The maximum Gasteiger partial charge on any atom is 0.434 e. The Kier molecular flexibility index (Phi) is 4.55. The van der Waals surface area contributed by atoms with E-state index in [1.54, 1.807) is 13.8 Å². The van der Waals surface area contributed by atoms with Crippen LogP contribution in [0.15, 0.2) is 12.2 Å². The van der Waals surface area contributed by atoms with Crippen molar-refractivity contribution in [3.63, 3.8) is 0 Å². The van der Waals surface area contributed by atoms with Crippen LogP contribution in [0, 0.1) is 17.3 Å². The lowest BCUT2D eigenvalue weighted by molar-refractivity contribution is -0.312. The number of ether oxygens (including phenoxy) is 1. The van der Waals surface area contributed by atoms with Crippen molar-refractivity contribution >= 4 is 11.9 Å². The van der Waals surface area contributed by atoms with E-state index < -0.39 is 47.6 Å². The predicted molar refractivity (Wildman–Crippen MR) is 59.5 cm³/mol. The highest BCUT2D eigenvalue weighted by molar-refractivity contribution is 5.83. The van der Waals surface area contributed by atoms with Gasteiger partial charge in [-0.25, -0.2) is 4.79 Å². The van der Waals surface area contributed by atoms with Gasteiger partial charge in [-0.15, -0.1) is 0 Å². The van der Waals surface area contributed by atoms with E-state index in [0.29, 0.717) is 6.08 Å². The van der Waals surface area contributed by atoms with Gasteiger partial charge in [0.25, 0.3) is 6.10 Å². The number of carboxylic acids is 1. The van der Waals surface area contributed by atoms with Gasteiger partial charge in [-0.05, 0) is 11.3 Å². The van der Waals surface area contributed by atoms with E-state index in [2.05, 4.69) is 4.74 Å². The quantitative estimate of drug-likeness (QED) is 0.488. The molecule has 0 aromatic heterocycles. The van der Waals surface area contributed by atoms with Crippen LogP contribution in [-0.2, 0) is 14.3 Å². The van der Waals surface area contributed by atoms with E-state index in [1.807, 2.05) is 0 Å². The lowest BCUT2D eigenvalue weighted by atomic mass is 10.1. The highest BCUT2D eigenvalue weighted by Crippen LogP contribution is 2.59. The first-order valence-electron chi connectivity index (χ1n) is 5.94. The number of alkyl halides is 6. The average Bonchev–Trinajstić information content (AvgIpc) is 2.82. The highest BCUT2D eigenvalue weighted by Gasteiger charge is 2.61. The number of carbonyl (C=O) groups excluding carboxylic acids is 1. The van der Waals surface area contributed by atoms with E-state index in [0.717, 1.165) is 6.08 Å². The molecular weight excluding hydrogens is 322 g/mol. The summed E-state index contributed by atoms with van der Waals surface area (Å²) < 4.78 is 76.5. The van der Waals surface area contributed by atoms with Crippen LogP contribution in [0.1, 0.15) is 13.8 Å². The zero-order valence-corrected chi connectivity index (χ0v) is 11.3. The van der Waals surface area contributed by atoms with Gasteiger partial charge in [0.15, 0.2) is 0 Å². The molecule has 4 nitrogen and oxygen atoms in total. The van der Waals surface area contributed by atoms with Crippen LogP contribution in [0.4, 0.5) is 26.3 Å². The molecule has 1 rings (SSSR count). The van der Waals surface area contributed by atoms with Crippen LogP contribution in [0.2, 0.25) is 0 Å². The number of rotatable bonds is 4. The summed E-state index contributed by atoms with van der Waals surface area (Å²) in [5.74, 6) is -4.55. The van der Waals surface area contributed by atoms with Crippen LogP contribution in [0.5, 0.6) is 0 Å². The lowest BCUT2D eigenvalue weighted by Crippen LogP contribution is -2.45. The summed E-state index contributed by atoms with van der Waals surface area (Å²) in [6, 6.07) is 0. The molecule has 0 aromatic rings. The number of halogens is 6. The summed E-state index contributed by atoms with van der Waals surface area (Å²) in [6.45, 7) is 3.08. The molecule has 126 valence electrons. The largest absolute Gasteiger partial charge is 0.481 e. The van der Waals surface area contributed by atoms with Gasteiger partial charge in [-0.1, -0.05) is 19.9 Å². The molecule has 10 heteroatoms. The van der Waals surface area contributed by atoms with Crippen molar-refractivity contribution in [2.45, 2.75) is 32.3 Å². The van der Waals surface area contributed by atoms with Crippen LogP contribution >= 0.6 is 0 Å². The van der Waals surface area contributed by atoms with E-state index in [4.69, 9.17) is 5.11 Å². The summed E-state index contributed by atoms with van der Waals surface area (Å²) in [5, 5.41) is 8.84. The standard InChI is InChI=1S/C12H12F6O4/c1-10(2)5(7(10)8(20)21)3-4-6(19)22-9(11(13,14)15)12(16,17)18/h3-5,7,9H,1-2H3,(H,20,21)/b4-3+. The van der Waals surface area contributed by atoms with Gasteiger partial charge < -0.3 is 9.84 Å². The predicted octanol–water partition coefficient (Wildman–Crippen LogP) is 2.94. The maximum atomic E-state index is 12.2. The topological polar surface area (TPSA) is 63.6 Å². The number of allylic oxidation sites excluding steroid dienone is 1. The van der Waals surface area contributed by atoms with Crippen molar-refractivity contribution in [3.05, 3.63) is 12.2 Å². The van der Waals surface area contributed by atoms with Gasteiger partial charge in [0.05, 0.1) is 5.92 Å². The molecule has 0 spiro atoms. The molecule has 0 aromatic carbocycles. The Morgan fingerprint density at radius 3 is 1.91 bits per heavy atom. The SMILES string of the molecule is CC1(C)C(/C=C/C(=O)OC(C(F)(F)F)C(F)(F)F)C1C(=O)O. The normalized spacial score (nSPS) is 24.6. The summed E-state index contributed by atoms with van der Waals surface area (Å²) in [7, 11) is 0. The Morgan fingerprint density at radius 2 is 1.59 bits per heavy atom. The average molecular weight is 334 g/mol. The number of carboxylic acid groups (broad SMARTS) is 1. The highest BCUT2D eigenvalue weighted by atomic mass is 19.4. The summed E-state index contributed by atoms with van der Waals surface area (Å²) >= 11 is 0. The Hall–Kier alpha value is -1.74. The fraction of sp³-hybridized carbons (Fsp3) is 0.667. The first-order valence-corrected chi connectivity index (χ1v) is 5.94. The van der Waals surface area contributed by atoms with Crippen LogP contribution in [-0.4, -0.2) is 35.5 Å². The van der Waals surface area contributed by atoms with Gasteiger partial charge in [0, 0.05) is 6.08 Å². The van der Waals surface area contributed by atoms with Crippen molar-refractivity contribution in [1.29, 1.82) is 0 Å². The third kappa shape index (κ3) is 3.92. The van der Waals surface area contributed by atoms with Gasteiger partial charge in [-0.3, -0.25) is 4.79 Å². The van der Waals surface area contributed by atoms with Crippen LogP contribution in [0.3, 0.4) is 0 Å². The second kappa shape index (κ2) is 5.47. The van der Waals surface area contributed by atoms with E-state index in [-0.39, 0.29) is 0 Å². The number of aliphatic carboxylic acids is 1. The third-order valence-corrected chi connectivity index (χ3v) is 3.44. The lowest BCUT2D eigenvalue weighted by Gasteiger charge is -2.22. The van der Waals surface area contributed by atoms with Gasteiger partial charge in [-0.2, -0.15) is 26.3 Å². The van der Waals surface area contributed by atoms with Crippen LogP contribution in [0.25, 0.3) is 0 Å². The summed E-state index contributed by atoms with van der Waals surface area (Å²) in [5.41, 5.74) is -0.740. The molecule has 0 bridgehead atoms. The Bertz CT molecular complexity index is 477. The maximum absolute atomic E-state index is 12.2. The molecule has 1 fully saturated rings. The van der Waals surface area contributed by atoms with E-state index in [9.17, 15) is 35.9 Å². The van der Waals surface area contributed by atoms with Crippen molar-refractivity contribution in [1.82, 2.24) is 0 Å². The third-order valence-electron chi connectivity index (χ3n) is 3.44. The molecule has 0 aliphatic heterocycles. The molecule has 0 amide bonds. The summed E-state index contributed by atoms with van der Waals surface area (Å²) in [6.07, 6.45) is -14.5. The molecule has 1 aliphatic carbocycles. The monoisotopic (exact) mass is 334 g/mol. The Balaban J connectivity index is 2.74. The minimum absolute atomic E-state index is 0.389. The first kappa shape index (κ1) is 18.3. The second-order valence-corrected chi connectivity index (χ2v) is 5.42. The molecule has 1 saturated carbocycles. The fourth-order valence-corrected chi connectivity index (χ4v) is 2.17. The molecule has 0 saturated heterocycles. The minimum Gasteiger partial charge on any atom is -0.481 e. The number of esters is 1. The molecule has 0 radical (unpaired) electrons. The molecule has 2 atom stereocenters. The van der Waals surface area contributed by atoms with Gasteiger partial charge in [0.1, 0.15) is 0 Å². The number of carbonyl (C=O) groups is 2. The molecule has 1 aliphatic rings.